The van der Waals surface area contributed by atoms with E-state index in [0.29, 0.717) is 30.4 Å². The zero-order chi connectivity index (χ0) is 18.4. The van der Waals surface area contributed by atoms with Crippen LogP contribution in [0.5, 0.6) is 11.6 Å². The number of hydrogen-bond donors (Lipinski definition) is 1. The number of aliphatic carboxylic acids is 1. The van der Waals surface area contributed by atoms with Crippen LogP contribution in [0.4, 0.5) is 4.39 Å². The SMILES string of the molecule is O=C(O)CCCOc1ccc(-c2cccnc2OCC2CCC2)cc1F. The Balaban J connectivity index is 1.67. The monoisotopic (exact) mass is 359 g/mol. The third kappa shape index (κ3) is 4.71. The predicted molar refractivity (Wildman–Crippen MR) is 94.8 cm³/mol. The number of hydrogen-bond acceptors (Lipinski definition) is 4. The van der Waals surface area contributed by atoms with Gasteiger partial charge in [0.25, 0.3) is 0 Å². The van der Waals surface area contributed by atoms with E-state index in [1.54, 1.807) is 24.4 Å². The van der Waals surface area contributed by atoms with E-state index < -0.39 is 11.8 Å². The molecule has 1 saturated carbocycles. The quantitative estimate of drug-likeness (QED) is 0.676. The van der Waals surface area contributed by atoms with Gasteiger partial charge in [-0.3, -0.25) is 4.79 Å². The van der Waals surface area contributed by atoms with Crippen LogP contribution in [0, 0.1) is 11.7 Å². The fourth-order valence-electron chi connectivity index (χ4n) is 2.77. The molecule has 1 aromatic carbocycles. The van der Waals surface area contributed by atoms with Crippen LogP contribution in [0.1, 0.15) is 32.1 Å². The van der Waals surface area contributed by atoms with Gasteiger partial charge in [-0.05, 0) is 55.0 Å². The molecule has 1 fully saturated rings. The summed E-state index contributed by atoms with van der Waals surface area (Å²) in [6.45, 7) is 0.794. The van der Waals surface area contributed by atoms with E-state index in [4.69, 9.17) is 14.6 Å². The molecule has 1 N–H and O–H groups in total. The smallest absolute Gasteiger partial charge is 0.303 e. The summed E-state index contributed by atoms with van der Waals surface area (Å²) in [7, 11) is 0. The molecule has 1 aliphatic carbocycles. The van der Waals surface area contributed by atoms with Crippen molar-refractivity contribution in [2.75, 3.05) is 13.2 Å². The van der Waals surface area contributed by atoms with E-state index in [2.05, 4.69) is 4.98 Å². The summed E-state index contributed by atoms with van der Waals surface area (Å²) >= 11 is 0. The number of rotatable bonds is 9. The molecule has 6 heteroatoms. The lowest BCUT2D eigenvalue weighted by atomic mass is 9.86. The Labute approximate surface area is 151 Å². The highest BCUT2D eigenvalue weighted by Crippen LogP contribution is 2.33. The molecule has 0 saturated heterocycles. The van der Waals surface area contributed by atoms with Crippen molar-refractivity contribution >= 4 is 5.97 Å². The first-order valence-corrected chi connectivity index (χ1v) is 8.86. The van der Waals surface area contributed by atoms with Crippen LogP contribution in [0.3, 0.4) is 0 Å². The Morgan fingerprint density at radius 3 is 2.81 bits per heavy atom. The normalized spacial score (nSPS) is 13.9. The van der Waals surface area contributed by atoms with Gasteiger partial charge in [-0.1, -0.05) is 12.5 Å². The Morgan fingerprint density at radius 1 is 1.27 bits per heavy atom. The molecule has 0 amide bonds. The number of carboxylic acid groups (broad SMARTS) is 1. The lowest BCUT2D eigenvalue weighted by Crippen LogP contribution is -2.19. The predicted octanol–water partition coefficient (Wildman–Crippen LogP) is 4.31. The minimum absolute atomic E-state index is 0.00290. The summed E-state index contributed by atoms with van der Waals surface area (Å²) in [5.74, 6) is -0.181. The number of benzene rings is 1. The number of ether oxygens (including phenoxy) is 2. The van der Waals surface area contributed by atoms with E-state index in [1.807, 2.05) is 6.07 Å². The zero-order valence-corrected chi connectivity index (χ0v) is 14.5. The fourth-order valence-corrected chi connectivity index (χ4v) is 2.77. The van der Waals surface area contributed by atoms with Gasteiger partial charge in [-0.15, -0.1) is 0 Å². The number of carbonyl (C=O) groups is 1. The Bertz CT molecular complexity index is 761. The maximum Gasteiger partial charge on any atom is 0.303 e. The highest BCUT2D eigenvalue weighted by Gasteiger charge is 2.19. The minimum atomic E-state index is -0.893. The molecular weight excluding hydrogens is 337 g/mol. The first kappa shape index (κ1) is 18.2. The van der Waals surface area contributed by atoms with Crippen molar-refractivity contribution in [3.05, 3.63) is 42.3 Å². The maximum absolute atomic E-state index is 14.3. The summed E-state index contributed by atoms with van der Waals surface area (Å²) in [6, 6.07) is 8.34. The van der Waals surface area contributed by atoms with Gasteiger partial charge < -0.3 is 14.6 Å². The van der Waals surface area contributed by atoms with Gasteiger partial charge in [0.2, 0.25) is 5.88 Å². The van der Waals surface area contributed by atoms with Crippen LogP contribution >= 0.6 is 0 Å². The molecule has 138 valence electrons. The second-order valence-electron chi connectivity index (χ2n) is 6.46. The Kier molecular flexibility index (Phi) is 6.04. The first-order chi connectivity index (χ1) is 12.6. The van der Waals surface area contributed by atoms with Gasteiger partial charge in [0, 0.05) is 18.2 Å². The lowest BCUT2D eigenvalue weighted by Gasteiger charge is -2.25. The van der Waals surface area contributed by atoms with Gasteiger partial charge in [0.15, 0.2) is 11.6 Å². The molecule has 1 aromatic heterocycles. The topological polar surface area (TPSA) is 68.7 Å². The van der Waals surface area contributed by atoms with Crippen LogP contribution < -0.4 is 9.47 Å². The van der Waals surface area contributed by atoms with Gasteiger partial charge in [0.05, 0.1) is 13.2 Å². The molecule has 5 nitrogen and oxygen atoms in total. The largest absolute Gasteiger partial charge is 0.491 e. The van der Waals surface area contributed by atoms with E-state index in [1.165, 1.54) is 25.3 Å². The number of halogens is 1. The van der Waals surface area contributed by atoms with Crippen molar-refractivity contribution in [3.63, 3.8) is 0 Å². The molecule has 1 aliphatic rings. The van der Waals surface area contributed by atoms with Crippen molar-refractivity contribution in [1.29, 1.82) is 0 Å². The highest BCUT2D eigenvalue weighted by molar-refractivity contribution is 5.69. The molecule has 0 spiro atoms. The zero-order valence-electron chi connectivity index (χ0n) is 14.5. The molecule has 3 rings (SSSR count). The second kappa shape index (κ2) is 8.65. The van der Waals surface area contributed by atoms with Crippen molar-refractivity contribution < 1.29 is 23.8 Å². The number of nitrogens with zero attached hydrogens (tertiary/aromatic N) is 1. The van der Waals surface area contributed by atoms with Crippen molar-refractivity contribution in [1.82, 2.24) is 4.98 Å². The van der Waals surface area contributed by atoms with E-state index >= 15 is 0 Å². The Hall–Kier alpha value is -2.63. The molecule has 0 atom stereocenters. The summed E-state index contributed by atoms with van der Waals surface area (Å²) in [6.07, 6.45) is 5.61. The lowest BCUT2D eigenvalue weighted by molar-refractivity contribution is -0.137. The van der Waals surface area contributed by atoms with Gasteiger partial charge in [-0.25, -0.2) is 9.37 Å². The van der Waals surface area contributed by atoms with Gasteiger partial charge in [-0.2, -0.15) is 0 Å². The summed E-state index contributed by atoms with van der Waals surface area (Å²) < 4.78 is 25.5. The number of carboxylic acids is 1. The van der Waals surface area contributed by atoms with Crippen LogP contribution in [0.25, 0.3) is 11.1 Å². The van der Waals surface area contributed by atoms with Crippen molar-refractivity contribution in [2.24, 2.45) is 5.92 Å². The van der Waals surface area contributed by atoms with Crippen LogP contribution in [-0.2, 0) is 4.79 Å². The standard InChI is InChI=1S/C20H22FNO4/c21-17-12-15(8-9-18(17)25-11-3-7-19(23)24)16-6-2-10-22-20(16)26-13-14-4-1-5-14/h2,6,8-10,12,14H,1,3-5,7,11,13H2,(H,23,24). The van der Waals surface area contributed by atoms with Crippen LogP contribution in [0.15, 0.2) is 36.5 Å². The first-order valence-electron chi connectivity index (χ1n) is 8.86. The summed E-state index contributed by atoms with van der Waals surface area (Å²) in [4.78, 5) is 14.8. The van der Waals surface area contributed by atoms with Crippen LogP contribution in [-0.4, -0.2) is 29.3 Å². The highest BCUT2D eigenvalue weighted by atomic mass is 19.1. The van der Waals surface area contributed by atoms with Gasteiger partial charge in [0.1, 0.15) is 0 Å². The second-order valence-corrected chi connectivity index (χ2v) is 6.46. The van der Waals surface area contributed by atoms with E-state index in [9.17, 15) is 9.18 Å². The molecule has 0 aliphatic heterocycles. The molecule has 0 radical (unpaired) electrons. The number of aromatic nitrogens is 1. The molecule has 1 heterocycles. The van der Waals surface area contributed by atoms with E-state index in [0.717, 1.165) is 5.56 Å². The molecule has 0 bridgehead atoms. The third-order valence-electron chi connectivity index (χ3n) is 4.49. The maximum atomic E-state index is 14.3. The van der Waals surface area contributed by atoms with Gasteiger partial charge >= 0.3 is 5.97 Å². The fraction of sp³-hybridized carbons (Fsp3) is 0.400. The average Bonchev–Trinajstić information content (AvgIpc) is 2.58. The Morgan fingerprint density at radius 2 is 2.12 bits per heavy atom. The summed E-state index contributed by atoms with van der Waals surface area (Å²) in [5, 5.41) is 8.60. The molecule has 26 heavy (non-hydrogen) atoms. The van der Waals surface area contributed by atoms with Crippen molar-refractivity contribution in [2.45, 2.75) is 32.1 Å². The van der Waals surface area contributed by atoms with Crippen molar-refractivity contribution in [3.8, 4) is 22.8 Å². The summed E-state index contributed by atoms with van der Waals surface area (Å²) in [5.41, 5.74) is 1.40. The van der Waals surface area contributed by atoms with Crippen LogP contribution in [0.2, 0.25) is 0 Å². The third-order valence-corrected chi connectivity index (χ3v) is 4.49. The molecule has 0 unspecified atom stereocenters. The van der Waals surface area contributed by atoms with E-state index in [-0.39, 0.29) is 18.8 Å². The minimum Gasteiger partial charge on any atom is -0.491 e. The average molecular weight is 359 g/mol. The molecular formula is C20H22FNO4. The molecule has 2 aromatic rings. The number of pyridine rings is 1.